The van der Waals surface area contributed by atoms with Gasteiger partial charge in [-0.05, 0) is 55.3 Å². The van der Waals surface area contributed by atoms with Gasteiger partial charge in [0.1, 0.15) is 0 Å². The van der Waals surface area contributed by atoms with Crippen molar-refractivity contribution >= 4 is 11.7 Å². The lowest BCUT2D eigenvalue weighted by molar-refractivity contribution is 0.0526. The van der Waals surface area contributed by atoms with Gasteiger partial charge in [-0.25, -0.2) is 14.5 Å². The first kappa shape index (κ1) is 22.2. The fourth-order valence-electron chi connectivity index (χ4n) is 3.60. The lowest BCUT2D eigenvalue weighted by Crippen LogP contribution is -2.12. The van der Waals surface area contributed by atoms with Gasteiger partial charge in [0.05, 0.1) is 42.0 Å². The molecule has 0 fully saturated rings. The molecule has 0 saturated heterocycles. The van der Waals surface area contributed by atoms with Gasteiger partial charge in [-0.15, -0.1) is 0 Å². The van der Waals surface area contributed by atoms with Gasteiger partial charge in [-0.1, -0.05) is 31.5 Å². The SMILES string of the molecule is CCCC(Nc1ccc(-n2cc(-c3ccccn3)cn2)nc1)c1ccc(C(=O)OCC)cc1. The van der Waals surface area contributed by atoms with Crippen LogP contribution in [0.2, 0.25) is 0 Å². The molecule has 0 amide bonds. The average molecular weight is 442 g/mol. The van der Waals surface area contributed by atoms with Crippen LogP contribution in [0.1, 0.15) is 48.7 Å². The molecule has 0 saturated carbocycles. The molecule has 0 aliphatic heterocycles. The number of nitrogens with one attached hydrogen (secondary N) is 1. The van der Waals surface area contributed by atoms with E-state index < -0.39 is 0 Å². The number of anilines is 1. The van der Waals surface area contributed by atoms with E-state index in [0.29, 0.717) is 12.2 Å². The highest BCUT2D eigenvalue weighted by Crippen LogP contribution is 2.25. The van der Waals surface area contributed by atoms with E-state index in [-0.39, 0.29) is 12.0 Å². The molecular weight excluding hydrogens is 414 g/mol. The third-order valence-corrected chi connectivity index (χ3v) is 5.27. The summed E-state index contributed by atoms with van der Waals surface area (Å²) in [5.41, 5.74) is 4.41. The largest absolute Gasteiger partial charge is 0.462 e. The topological polar surface area (TPSA) is 81.9 Å². The van der Waals surface area contributed by atoms with Crippen molar-refractivity contribution in [1.29, 1.82) is 0 Å². The van der Waals surface area contributed by atoms with E-state index >= 15 is 0 Å². The molecule has 0 spiro atoms. The second-order valence-electron chi connectivity index (χ2n) is 7.62. The summed E-state index contributed by atoms with van der Waals surface area (Å²) in [7, 11) is 0. The van der Waals surface area contributed by atoms with Crippen molar-refractivity contribution < 1.29 is 9.53 Å². The number of rotatable bonds is 9. The Kier molecular flexibility index (Phi) is 7.09. The summed E-state index contributed by atoms with van der Waals surface area (Å²) in [5.74, 6) is 0.433. The van der Waals surface area contributed by atoms with E-state index in [1.807, 2.05) is 67.0 Å². The van der Waals surface area contributed by atoms with E-state index in [2.05, 4.69) is 27.3 Å². The Hall–Kier alpha value is -4.00. The van der Waals surface area contributed by atoms with Crippen LogP contribution in [0.3, 0.4) is 0 Å². The molecule has 1 aromatic carbocycles. The number of pyridine rings is 2. The first-order valence-electron chi connectivity index (χ1n) is 11.1. The van der Waals surface area contributed by atoms with Crippen molar-refractivity contribution in [3.63, 3.8) is 0 Å². The van der Waals surface area contributed by atoms with Gasteiger partial charge in [0, 0.05) is 18.0 Å². The fraction of sp³-hybridized carbons (Fsp3) is 0.231. The maximum Gasteiger partial charge on any atom is 0.338 e. The lowest BCUT2D eigenvalue weighted by atomic mass is 10.0. The van der Waals surface area contributed by atoms with Gasteiger partial charge in [-0.3, -0.25) is 4.98 Å². The molecule has 3 aromatic heterocycles. The number of hydrogen-bond donors (Lipinski definition) is 1. The normalized spacial score (nSPS) is 11.7. The quantitative estimate of drug-likeness (QED) is 0.347. The third kappa shape index (κ3) is 5.44. The van der Waals surface area contributed by atoms with Gasteiger partial charge in [0.2, 0.25) is 0 Å². The zero-order valence-electron chi connectivity index (χ0n) is 18.8. The third-order valence-electron chi connectivity index (χ3n) is 5.27. The Balaban J connectivity index is 1.46. The Morgan fingerprint density at radius 2 is 1.88 bits per heavy atom. The van der Waals surface area contributed by atoms with E-state index in [1.54, 1.807) is 24.0 Å². The smallest absolute Gasteiger partial charge is 0.338 e. The minimum absolute atomic E-state index is 0.111. The number of hydrogen-bond acceptors (Lipinski definition) is 6. The average Bonchev–Trinajstić information content (AvgIpc) is 3.35. The van der Waals surface area contributed by atoms with Crippen molar-refractivity contribution in [3.05, 3.63) is 90.5 Å². The molecule has 168 valence electrons. The molecule has 3 heterocycles. The molecule has 1 unspecified atom stereocenters. The maximum absolute atomic E-state index is 11.9. The number of nitrogens with zero attached hydrogens (tertiary/aromatic N) is 4. The Morgan fingerprint density at radius 1 is 1.03 bits per heavy atom. The van der Waals surface area contributed by atoms with Crippen LogP contribution in [0.5, 0.6) is 0 Å². The predicted molar refractivity (Wildman–Crippen MR) is 128 cm³/mol. The van der Waals surface area contributed by atoms with Gasteiger partial charge >= 0.3 is 5.97 Å². The minimum atomic E-state index is -0.298. The van der Waals surface area contributed by atoms with Crippen molar-refractivity contribution in [3.8, 4) is 17.1 Å². The highest BCUT2D eigenvalue weighted by atomic mass is 16.5. The van der Waals surface area contributed by atoms with E-state index in [1.165, 1.54) is 0 Å². The molecular formula is C26H27N5O2. The zero-order valence-corrected chi connectivity index (χ0v) is 18.8. The summed E-state index contributed by atoms with van der Waals surface area (Å²) in [6, 6.07) is 17.4. The van der Waals surface area contributed by atoms with Crippen molar-refractivity contribution in [1.82, 2.24) is 19.7 Å². The molecule has 0 aliphatic rings. The highest BCUT2D eigenvalue weighted by molar-refractivity contribution is 5.89. The molecule has 0 aliphatic carbocycles. The standard InChI is InChI=1S/C26H27N5O2/c1-3-7-24(19-9-11-20(12-10-19)26(32)33-4-2)30-22-13-14-25(28-17-22)31-18-21(16-29-31)23-8-5-6-15-27-23/h5-6,8-18,24,30H,3-4,7H2,1-2H3. The van der Waals surface area contributed by atoms with Gasteiger partial charge < -0.3 is 10.1 Å². The van der Waals surface area contributed by atoms with Crippen LogP contribution in [0, 0.1) is 0 Å². The Morgan fingerprint density at radius 3 is 2.55 bits per heavy atom. The van der Waals surface area contributed by atoms with Crippen LogP contribution >= 0.6 is 0 Å². The van der Waals surface area contributed by atoms with E-state index in [0.717, 1.165) is 41.2 Å². The monoisotopic (exact) mass is 441 g/mol. The summed E-state index contributed by atoms with van der Waals surface area (Å²) in [6.07, 6.45) is 9.26. The number of carbonyl (C=O) groups excluding carboxylic acids is 1. The Bertz CT molecular complexity index is 1170. The molecule has 1 N–H and O–H groups in total. The summed E-state index contributed by atoms with van der Waals surface area (Å²) >= 11 is 0. The second-order valence-corrected chi connectivity index (χ2v) is 7.62. The number of carbonyl (C=O) groups is 1. The zero-order chi connectivity index (χ0) is 23.0. The van der Waals surface area contributed by atoms with Gasteiger partial charge in [0.15, 0.2) is 5.82 Å². The van der Waals surface area contributed by atoms with Gasteiger partial charge in [0.25, 0.3) is 0 Å². The predicted octanol–water partition coefficient (Wildman–Crippen LogP) is 5.46. The maximum atomic E-state index is 11.9. The minimum Gasteiger partial charge on any atom is -0.462 e. The van der Waals surface area contributed by atoms with Crippen LogP contribution in [-0.2, 0) is 4.74 Å². The fourth-order valence-corrected chi connectivity index (χ4v) is 3.60. The summed E-state index contributed by atoms with van der Waals surface area (Å²) < 4.78 is 6.81. The second kappa shape index (κ2) is 10.5. The number of benzene rings is 1. The molecule has 7 heteroatoms. The van der Waals surface area contributed by atoms with Crippen LogP contribution in [0.15, 0.2) is 79.4 Å². The number of aromatic nitrogens is 4. The van der Waals surface area contributed by atoms with Gasteiger partial charge in [-0.2, -0.15) is 5.10 Å². The molecule has 1 atom stereocenters. The highest BCUT2D eigenvalue weighted by Gasteiger charge is 2.13. The summed E-state index contributed by atoms with van der Waals surface area (Å²) in [5, 5.41) is 7.98. The molecule has 0 radical (unpaired) electrons. The molecule has 4 aromatic rings. The molecule has 33 heavy (non-hydrogen) atoms. The summed E-state index contributed by atoms with van der Waals surface area (Å²) in [4.78, 5) is 20.9. The van der Waals surface area contributed by atoms with Crippen molar-refractivity contribution in [2.75, 3.05) is 11.9 Å². The first-order chi connectivity index (χ1) is 16.2. The summed E-state index contributed by atoms with van der Waals surface area (Å²) in [6.45, 7) is 4.32. The number of esters is 1. The van der Waals surface area contributed by atoms with Crippen LogP contribution in [0.4, 0.5) is 5.69 Å². The lowest BCUT2D eigenvalue weighted by Gasteiger charge is -2.20. The number of ether oxygens (including phenoxy) is 1. The Labute approximate surface area is 193 Å². The van der Waals surface area contributed by atoms with E-state index in [4.69, 9.17) is 4.74 Å². The van der Waals surface area contributed by atoms with Crippen molar-refractivity contribution in [2.24, 2.45) is 0 Å². The van der Waals surface area contributed by atoms with Crippen LogP contribution in [-0.4, -0.2) is 32.3 Å². The van der Waals surface area contributed by atoms with Crippen molar-refractivity contribution in [2.45, 2.75) is 32.7 Å². The van der Waals surface area contributed by atoms with Crippen LogP contribution < -0.4 is 5.32 Å². The molecule has 7 nitrogen and oxygen atoms in total. The van der Waals surface area contributed by atoms with Crippen LogP contribution in [0.25, 0.3) is 17.1 Å². The molecule has 0 bridgehead atoms. The van der Waals surface area contributed by atoms with E-state index in [9.17, 15) is 4.79 Å². The first-order valence-corrected chi connectivity index (χ1v) is 11.1. The molecule has 4 rings (SSSR count).